The van der Waals surface area contributed by atoms with Crippen LogP contribution in [0, 0.1) is 0 Å². The summed E-state index contributed by atoms with van der Waals surface area (Å²) in [6, 6.07) is 10.4. The van der Waals surface area contributed by atoms with Crippen molar-refractivity contribution < 1.29 is 9.53 Å². The van der Waals surface area contributed by atoms with E-state index in [0.717, 1.165) is 19.6 Å². The average molecular weight is 360 g/mol. The number of nitrogens with zero attached hydrogens (tertiary/aromatic N) is 3. The molecule has 1 fully saturated rings. The van der Waals surface area contributed by atoms with E-state index < -0.39 is 5.41 Å². The summed E-state index contributed by atoms with van der Waals surface area (Å²) >= 11 is 5.85. The summed E-state index contributed by atoms with van der Waals surface area (Å²) in [5.41, 5.74) is 1.19. The lowest BCUT2D eigenvalue weighted by Crippen LogP contribution is -2.48. The molecular weight excluding hydrogens is 338 g/mol. The minimum Gasteiger partial charge on any atom is -0.465 e. The van der Waals surface area contributed by atoms with Gasteiger partial charge in [-0.25, -0.2) is 4.98 Å². The van der Waals surface area contributed by atoms with Crippen molar-refractivity contribution in [3.05, 3.63) is 59.1 Å². The normalized spacial score (nSPS) is 17.2. The Kier molecular flexibility index (Phi) is 5.66. The van der Waals surface area contributed by atoms with Gasteiger partial charge < -0.3 is 4.74 Å². The SMILES string of the molecule is CCOC(=O)C1(c2cnc(Cl)cn2)CCN(Cc2ccccc2)CC1. The van der Waals surface area contributed by atoms with Gasteiger partial charge in [0.1, 0.15) is 10.6 Å². The van der Waals surface area contributed by atoms with Crippen LogP contribution in [-0.2, 0) is 21.5 Å². The van der Waals surface area contributed by atoms with Crippen molar-refractivity contribution in [2.45, 2.75) is 31.7 Å². The quantitative estimate of drug-likeness (QED) is 0.767. The van der Waals surface area contributed by atoms with Crippen molar-refractivity contribution in [2.24, 2.45) is 0 Å². The van der Waals surface area contributed by atoms with Crippen LogP contribution >= 0.6 is 11.6 Å². The number of benzene rings is 1. The van der Waals surface area contributed by atoms with Crippen LogP contribution in [-0.4, -0.2) is 40.5 Å². The van der Waals surface area contributed by atoms with Crippen molar-refractivity contribution >= 4 is 17.6 Å². The third-order valence-electron chi connectivity index (χ3n) is 4.74. The third-order valence-corrected chi connectivity index (χ3v) is 4.93. The van der Waals surface area contributed by atoms with Gasteiger partial charge >= 0.3 is 5.97 Å². The highest BCUT2D eigenvalue weighted by Gasteiger charge is 2.45. The Morgan fingerprint density at radius 2 is 1.92 bits per heavy atom. The summed E-state index contributed by atoms with van der Waals surface area (Å²) in [5.74, 6) is -0.217. The highest BCUT2D eigenvalue weighted by Crippen LogP contribution is 2.36. The molecule has 1 aromatic heterocycles. The van der Waals surface area contributed by atoms with Gasteiger partial charge in [0.05, 0.1) is 24.7 Å². The maximum Gasteiger partial charge on any atom is 0.318 e. The van der Waals surface area contributed by atoms with E-state index in [1.165, 1.54) is 11.8 Å². The van der Waals surface area contributed by atoms with Crippen LogP contribution in [0.5, 0.6) is 0 Å². The number of aromatic nitrogens is 2. The molecule has 0 atom stereocenters. The Morgan fingerprint density at radius 3 is 2.52 bits per heavy atom. The van der Waals surface area contributed by atoms with E-state index in [4.69, 9.17) is 16.3 Å². The monoisotopic (exact) mass is 359 g/mol. The van der Waals surface area contributed by atoms with Gasteiger partial charge in [0.2, 0.25) is 0 Å². The van der Waals surface area contributed by atoms with Gasteiger partial charge in [0.15, 0.2) is 0 Å². The highest BCUT2D eigenvalue weighted by molar-refractivity contribution is 6.29. The first kappa shape index (κ1) is 17.8. The highest BCUT2D eigenvalue weighted by atomic mass is 35.5. The fourth-order valence-electron chi connectivity index (χ4n) is 3.33. The van der Waals surface area contributed by atoms with Gasteiger partial charge in [-0.3, -0.25) is 14.7 Å². The second kappa shape index (κ2) is 7.93. The number of esters is 1. The molecule has 25 heavy (non-hydrogen) atoms. The molecule has 2 heterocycles. The summed E-state index contributed by atoms with van der Waals surface area (Å²) in [5, 5.41) is 0.323. The summed E-state index contributed by atoms with van der Waals surface area (Å²) in [6.07, 6.45) is 4.42. The fourth-order valence-corrected chi connectivity index (χ4v) is 3.43. The van der Waals surface area contributed by atoms with E-state index in [1.54, 1.807) is 6.20 Å². The maximum atomic E-state index is 12.7. The van der Waals surface area contributed by atoms with Crippen LogP contribution < -0.4 is 0 Å². The molecule has 0 bridgehead atoms. The molecule has 1 aliphatic heterocycles. The Labute approximate surface area is 153 Å². The van der Waals surface area contributed by atoms with Crippen molar-refractivity contribution in [3.8, 4) is 0 Å². The Balaban J connectivity index is 1.76. The molecule has 0 unspecified atom stereocenters. The molecule has 0 radical (unpaired) electrons. The van der Waals surface area contributed by atoms with E-state index in [0.29, 0.717) is 30.3 Å². The van der Waals surface area contributed by atoms with Gasteiger partial charge in [-0.05, 0) is 38.4 Å². The zero-order valence-electron chi connectivity index (χ0n) is 14.3. The Bertz CT molecular complexity index is 698. The zero-order valence-corrected chi connectivity index (χ0v) is 15.1. The Hall–Kier alpha value is -1.98. The van der Waals surface area contributed by atoms with Gasteiger partial charge in [0.25, 0.3) is 0 Å². The van der Waals surface area contributed by atoms with Gasteiger partial charge in [0, 0.05) is 6.54 Å². The number of piperidine rings is 1. The predicted molar refractivity (Wildman–Crippen MR) is 96.3 cm³/mol. The molecule has 0 amide bonds. The molecule has 0 aliphatic carbocycles. The largest absolute Gasteiger partial charge is 0.465 e. The van der Waals surface area contributed by atoms with Crippen molar-refractivity contribution in [3.63, 3.8) is 0 Å². The average Bonchev–Trinajstić information content (AvgIpc) is 2.64. The van der Waals surface area contributed by atoms with Crippen LogP contribution in [0.3, 0.4) is 0 Å². The van der Waals surface area contributed by atoms with Gasteiger partial charge in [-0.1, -0.05) is 41.9 Å². The molecule has 132 valence electrons. The zero-order chi connectivity index (χ0) is 17.7. The molecule has 1 aliphatic rings. The minimum absolute atomic E-state index is 0.217. The van der Waals surface area contributed by atoms with Crippen LogP contribution in [0.15, 0.2) is 42.7 Å². The molecule has 1 aromatic carbocycles. The lowest BCUT2D eigenvalue weighted by atomic mass is 9.75. The molecule has 1 saturated heterocycles. The number of carbonyl (C=O) groups is 1. The minimum atomic E-state index is -0.735. The first-order chi connectivity index (χ1) is 12.1. The topological polar surface area (TPSA) is 55.3 Å². The molecular formula is C19H22ClN3O2. The number of rotatable bonds is 5. The standard InChI is InChI=1S/C19H22ClN3O2/c1-2-25-18(24)19(16-12-22-17(20)13-21-16)8-10-23(11-9-19)14-15-6-4-3-5-7-15/h3-7,12-13H,2,8-11,14H2,1H3. The second-order valence-corrected chi connectivity index (χ2v) is 6.68. The molecule has 3 rings (SSSR count). The summed E-state index contributed by atoms with van der Waals surface area (Å²) in [7, 11) is 0. The van der Waals surface area contributed by atoms with Gasteiger partial charge in [-0.2, -0.15) is 0 Å². The fraction of sp³-hybridized carbons (Fsp3) is 0.421. The van der Waals surface area contributed by atoms with Gasteiger partial charge in [-0.15, -0.1) is 0 Å². The number of ether oxygens (including phenoxy) is 1. The van der Waals surface area contributed by atoms with Crippen LogP contribution in [0.4, 0.5) is 0 Å². The summed E-state index contributed by atoms with van der Waals surface area (Å²) in [6.45, 7) is 4.67. The molecule has 5 nitrogen and oxygen atoms in total. The molecule has 6 heteroatoms. The van der Waals surface area contributed by atoms with Crippen LogP contribution in [0.1, 0.15) is 31.0 Å². The second-order valence-electron chi connectivity index (χ2n) is 6.29. The number of hydrogen-bond acceptors (Lipinski definition) is 5. The lowest BCUT2D eigenvalue weighted by molar-refractivity contribution is -0.152. The smallest absolute Gasteiger partial charge is 0.318 e. The summed E-state index contributed by atoms with van der Waals surface area (Å²) < 4.78 is 5.36. The number of likely N-dealkylation sites (tertiary alicyclic amines) is 1. The van der Waals surface area contributed by atoms with E-state index in [1.807, 2.05) is 25.1 Å². The van der Waals surface area contributed by atoms with Crippen LogP contribution in [0.2, 0.25) is 5.15 Å². The third kappa shape index (κ3) is 3.99. The molecule has 2 aromatic rings. The number of carbonyl (C=O) groups excluding carboxylic acids is 1. The Morgan fingerprint density at radius 1 is 1.20 bits per heavy atom. The van der Waals surface area contributed by atoms with E-state index in [9.17, 15) is 4.79 Å². The summed E-state index contributed by atoms with van der Waals surface area (Å²) in [4.78, 5) is 23.6. The van der Waals surface area contributed by atoms with Crippen molar-refractivity contribution in [1.82, 2.24) is 14.9 Å². The number of halogens is 1. The van der Waals surface area contributed by atoms with Crippen LogP contribution in [0.25, 0.3) is 0 Å². The predicted octanol–water partition coefficient (Wildman–Crippen LogP) is 3.23. The van der Waals surface area contributed by atoms with E-state index in [-0.39, 0.29) is 5.97 Å². The lowest BCUT2D eigenvalue weighted by Gasteiger charge is -2.39. The molecule has 0 N–H and O–H groups in total. The molecule has 0 spiro atoms. The van der Waals surface area contributed by atoms with E-state index >= 15 is 0 Å². The number of hydrogen-bond donors (Lipinski definition) is 0. The molecule has 0 saturated carbocycles. The first-order valence-corrected chi connectivity index (χ1v) is 8.93. The maximum absolute atomic E-state index is 12.7. The van der Waals surface area contributed by atoms with Crippen molar-refractivity contribution in [2.75, 3.05) is 19.7 Å². The van der Waals surface area contributed by atoms with Crippen molar-refractivity contribution in [1.29, 1.82) is 0 Å². The first-order valence-electron chi connectivity index (χ1n) is 8.55. The van der Waals surface area contributed by atoms with E-state index in [2.05, 4.69) is 27.0 Å².